The summed E-state index contributed by atoms with van der Waals surface area (Å²) >= 11 is 6.06. The lowest BCUT2D eigenvalue weighted by Crippen LogP contribution is -3.00. The van der Waals surface area contributed by atoms with Gasteiger partial charge in [-0.15, -0.1) is 0 Å². The minimum Gasteiger partial charge on any atom is -1.00 e. The van der Waals surface area contributed by atoms with Crippen LogP contribution < -0.4 is 18.1 Å². The van der Waals surface area contributed by atoms with Gasteiger partial charge in [0, 0.05) is 24.7 Å². The predicted molar refractivity (Wildman–Crippen MR) is 68.4 cm³/mol. The Labute approximate surface area is 121 Å². The van der Waals surface area contributed by atoms with Crippen molar-refractivity contribution in [1.82, 2.24) is 14.5 Å². The van der Waals surface area contributed by atoms with Gasteiger partial charge < -0.3 is 27.6 Å². The lowest BCUT2D eigenvalue weighted by molar-refractivity contribution is -0.368. The molecule has 0 aliphatic carbocycles. The van der Waals surface area contributed by atoms with Crippen molar-refractivity contribution in [2.24, 2.45) is 0 Å². The first-order chi connectivity index (χ1) is 8.72. The van der Waals surface area contributed by atoms with Crippen LogP contribution in [0.5, 0.6) is 0 Å². The standard InChI is InChI=1S/C12H13ClN4O.ClH/c13-11-8-7-10-12(18)16(4-2-14)5-6-17(10)9(8)1-3-15-11;/h1,3,7H,2,4-6,14H2;1H. The van der Waals surface area contributed by atoms with Gasteiger partial charge in [0.05, 0.1) is 18.6 Å². The number of hydrogen-bond acceptors (Lipinski definition) is 2. The number of fused-ring (bicyclic) bond motifs is 3. The van der Waals surface area contributed by atoms with Gasteiger partial charge >= 0.3 is 0 Å². The predicted octanol–water partition coefficient (Wildman–Crippen LogP) is -2.61. The van der Waals surface area contributed by atoms with Crippen LogP contribution in [0.25, 0.3) is 10.9 Å². The molecular formula is C12H14Cl2N4O. The van der Waals surface area contributed by atoms with E-state index < -0.39 is 0 Å². The third-order valence-electron chi connectivity index (χ3n) is 3.31. The van der Waals surface area contributed by atoms with Crippen molar-refractivity contribution >= 4 is 28.4 Å². The molecular weight excluding hydrogens is 287 g/mol. The largest absolute Gasteiger partial charge is 1.00 e. The van der Waals surface area contributed by atoms with Crippen molar-refractivity contribution in [3.05, 3.63) is 29.2 Å². The molecule has 2 aromatic rings. The number of hydrogen-bond donors (Lipinski definition) is 1. The molecule has 0 unspecified atom stereocenters. The fraction of sp³-hybridized carbons (Fsp3) is 0.333. The van der Waals surface area contributed by atoms with Gasteiger partial charge in [0.25, 0.3) is 5.91 Å². The van der Waals surface area contributed by atoms with Gasteiger partial charge in [-0.05, 0) is 12.1 Å². The Bertz CT molecular complexity index is 625. The molecule has 2 aromatic heterocycles. The van der Waals surface area contributed by atoms with E-state index in [1.165, 1.54) is 0 Å². The van der Waals surface area contributed by atoms with Crippen LogP contribution >= 0.6 is 11.6 Å². The zero-order valence-corrected chi connectivity index (χ0v) is 11.8. The molecule has 0 bridgehead atoms. The summed E-state index contributed by atoms with van der Waals surface area (Å²) in [5.74, 6) is 0.0529. The van der Waals surface area contributed by atoms with E-state index in [1.54, 1.807) is 6.20 Å². The minimum absolute atomic E-state index is 0. The van der Waals surface area contributed by atoms with Crippen LogP contribution in [0.1, 0.15) is 10.5 Å². The maximum Gasteiger partial charge on any atom is 0.270 e. The number of carbonyl (C=O) groups excluding carboxylic acids is 1. The molecule has 1 aliphatic heterocycles. The summed E-state index contributed by atoms with van der Waals surface area (Å²) in [7, 11) is 0. The summed E-state index contributed by atoms with van der Waals surface area (Å²) in [5, 5.41) is 1.30. The second kappa shape index (κ2) is 5.36. The maximum absolute atomic E-state index is 12.3. The molecule has 0 fully saturated rings. The van der Waals surface area contributed by atoms with Gasteiger partial charge in [-0.2, -0.15) is 0 Å². The molecule has 19 heavy (non-hydrogen) atoms. The van der Waals surface area contributed by atoms with Crippen LogP contribution in [0.3, 0.4) is 0 Å². The van der Waals surface area contributed by atoms with Crippen molar-refractivity contribution in [3.63, 3.8) is 0 Å². The van der Waals surface area contributed by atoms with Crippen molar-refractivity contribution in [1.29, 1.82) is 0 Å². The molecule has 1 amide bonds. The van der Waals surface area contributed by atoms with Gasteiger partial charge in [-0.25, -0.2) is 4.98 Å². The number of aromatic nitrogens is 2. The Hall–Kier alpha value is -1.30. The number of quaternary nitrogens is 1. The van der Waals surface area contributed by atoms with E-state index in [0.29, 0.717) is 17.4 Å². The monoisotopic (exact) mass is 300 g/mol. The van der Waals surface area contributed by atoms with Gasteiger partial charge in [-0.3, -0.25) is 4.79 Å². The number of pyridine rings is 1. The van der Waals surface area contributed by atoms with E-state index in [-0.39, 0.29) is 18.3 Å². The number of nitrogens with zero attached hydrogens (tertiary/aromatic N) is 3. The van der Waals surface area contributed by atoms with Crippen LogP contribution in [0, 0.1) is 0 Å². The molecule has 0 radical (unpaired) electrons. The highest BCUT2D eigenvalue weighted by Gasteiger charge is 2.26. The molecule has 1 aliphatic rings. The fourth-order valence-electron chi connectivity index (χ4n) is 2.46. The highest BCUT2D eigenvalue weighted by Crippen LogP contribution is 2.27. The average Bonchev–Trinajstić information content (AvgIpc) is 2.74. The molecule has 0 spiro atoms. The molecule has 5 nitrogen and oxygen atoms in total. The van der Waals surface area contributed by atoms with Crippen LogP contribution in [-0.2, 0) is 6.54 Å². The first kappa shape index (κ1) is 14.1. The normalized spacial score (nSPS) is 14.4. The summed E-state index contributed by atoms with van der Waals surface area (Å²) in [6, 6.07) is 3.73. The molecule has 3 N–H and O–H groups in total. The van der Waals surface area contributed by atoms with Crippen molar-refractivity contribution in [2.75, 3.05) is 19.6 Å². The van der Waals surface area contributed by atoms with Gasteiger partial charge in [0.15, 0.2) is 0 Å². The van der Waals surface area contributed by atoms with Gasteiger partial charge in [-0.1, -0.05) is 11.6 Å². The molecule has 7 heteroatoms. The van der Waals surface area contributed by atoms with Crippen LogP contribution in [-0.4, -0.2) is 40.0 Å². The Kier molecular flexibility index (Phi) is 3.99. The van der Waals surface area contributed by atoms with Crippen LogP contribution in [0.4, 0.5) is 0 Å². The zero-order valence-electron chi connectivity index (χ0n) is 10.3. The molecule has 0 atom stereocenters. The summed E-state index contributed by atoms with van der Waals surface area (Å²) in [6.45, 7) is 2.95. The van der Waals surface area contributed by atoms with Gasteiger partial charge in [0.2, 0.25) is 0 Å². The Balaban J connectivity index is 0.00000133. The molecule has 0 aromatic carbocycles. The molecule has 3 rings (SSSR count). The van der Waals surface area contributed by atoms with Crippen LogP contribution in [0.2, 0.25) is 5.15 Å². The Morgan fingerprint density at radius 3 is 2.95 bits per heavy atom. The topological polar surface area (TPSA) is 65.8 Å². The van der Waals surface area contributed by atoms with E-state index in [9.17, 15) is 4.79 Å². The van der Waals surface area contributed by atoms with Crippen molar-refractivity contribution in [2.45, 2.75) is 6.54 Å². The quantitative estimate of drug-likeness (QED) is 0.618. The van der Waals surface area contributed by atoms with Gasteiger partial charge in [0.1, 0.15) is 10.8 Å². The number of halogens is 2. The summed E-state index contributed by atoms with van der Waals surface area (Å²) in [5.41, 5.74) is 5.47. The highest BCUT2D eigenvalue weighted by atomic mass is 35.5. The van der Waals surface area contributed by atoms with E-state index >= 15 is 0 Å². The summed E-state index contributed by atoms with van der Waals surface area (Å²) in [4.78, 5) is 18.2. The molecule has 0 saturated heterocycles. The Morgan fingerprint density at radius 2 is 2.21 bits per heavy atom. The average molecular weight is 301 g/mol. The van der Waals surface area contributed by atoms with E-state index in [2.05, 4.69) is 10.7 Å². The smallest absolute Gasteiger partial charge is 0.270 e. The van der Waals surface area contributed by atoms with E-state index in [0.717, 1.165) is 30.5 Å². The zero-order chi connectivity index (χ0) is 12.7. The lowest BCUT2D eigenvalue weighted by Gasteiger charge is -2.27. The molecule has 0 saturated carbocycles. The first-order valence-corrected chi connectivity index (χ1v) is 6.32. The summed E-state index contributed by atoms with van der Waals surface area (Å²) in [6.07, 6.45) is 1.67. The second-order valence-corrected chi connectivity index (χ2v) is 4.72. The van der Waals surface area contributed by atoms with E-state index in [4.69, 9.17) is 11.6 Å². The molecule has 3 heterocycles. The van der Waals surface area contributed by atoms with Crippen molar-refractivity contribution < 1.29 is 22.9 Å². The minimum atomic E-state index is 0. The molecule has 102 valence electrons. The SMILES string of the molecule is [Cl-].[NH3+]CCN1CCn2c(cc3c(Cl)nccc32)C1=O. The number of rotatable bonds is 2. The Morgan fingerprint density at radius 1 is 1.42 bits per heavy atom. The second-order valence-electron chi connectivity index (χ2n) is 4.36. The third kappa shape index (κ3) is 2.18. The lowest BCUT2D eigenvalue weighted by atomic mass is 10.3. The van der Waals surface area contributed by atoms with Crippen molar-refractivity contribution in [3.8, 4) is 0 Å². The maximum atomic E-state index is 12.3. The summed E-state index contributed by atoms with van der Waals surface area (Å²) < 4.78 is 2.02. The third-order valence-corrected chi connectivity index (χ3v) is 3.61. The fourth-order valence-corrected chi connectivity index (χ4v) is 2.67. The number of carbonyl (C=O) groups is 1. The highest BCUT2D eigenvalue weighted by molar-refractivity contribution is 6.34. The number of amides is 1. The van der Waals surface area contributed by atoms with E-state index in [1.807, 2.05) is 21.6 Å². The van der Waals surface area contributed by atoms with Crippen LogP contribution in [0.15, 0.2) is 18.3 Å². The first-order valence-electron chi connectivity index (χ1n) is 5.94.